The Hall–Kier alpha value is -1.26. The molecule has 6 heteroatoms. The molecule has 0 aromatic heterocycles. The quantitative estimate of drug-likeness (QED) is 0.932. The fraction of sp³-hybridized carbons (Fsp3) is 0.429. The molecule has 0 saturated carbocycles. The van der Waals surface area contributed by atoms with Crippen LogP contribution in [-0.4, -0.2) is 35.8 Å². The zero-order valence-electron chi connectivity index (χ0n) is 12.0. The molecule has 0 radical (unpaired) electrons. The Bertz CT molecular complexity index is 504. The van der Waals surface area contributed by atoms with Gasteiger partial charge >= 0.3 is 0 Å². The van der Waals surface area contributed by atoms with Gasteiger partial charge in [-0.3, -0.25) is 9.59 Å². The number of amides is 2. The maximum Gasteiger partial charge on any atom is 0.254 e. The summed E-state index contributed by atoms with van der Waals surface area (Å²) in [4.78, 5) is 25.3. The minimum absolute atomic E-state index is 0.0275. The van der Waals surface area contributed by atoms with Gasteiger partial charge in [-0.15, -0.1) is 0 Å². The third-order valence-corrected chi connectivity index (χ3v) is 2.79. The average molecular weight is 317 g/mol. The van der Waals surface area contributed by atoms with Crippen LogP contribution in [0.3, 0.4) is 0 Å². The molecule has 1 rings (SSSR count). The molecule has 20 heavy (non-hydrogen) atoms. The monoisotopic (exact) mass is 316 g/mol. The topological polar surface area (TPSA) is 49.4 Å². The minimum Gasteiger partial charge on any atom is -0.350 e. The maximum absolute atomic E-state index is 12.2. The summed E-state index contributed by atoms with van der Waals surface area (Å²) >= 11 is 11.7. The summed E-state index contributed by atoms with van der Waals surface area (Å²) in [6.45, 7) is 5.61. The second-order valence-corrected chi connectivity index (χ2v) is 6.49. The highest BCUT2D eigenvalue weighted by Gasteiger charge is 2.19. The first-order valence-electron chi connectivity index (χ1n) is 6.11. The summed E-state index contributed by atoms with van der Waals surface area (Å²) in [5, 5.41) is 3.56. The van der Waals surface area contributed by atoms with Crippen molar-refractivity contribution in [3.8, 4) is 0 Å². The van der Waals surface area contributed by atoms with E-state index in [-0.39, 0.29) is 23.9 Å². The number of carbonyl (C=O) groups excluding carboxylic acids is 2. The lowest BCUT2D eigenvalue weighted by Crippen LogP contribution is -2.46. The second kappa shape index (κ2) is 6.46. The van der Waals surface area contributed by atoms with E-state index in [4.69, 9.17) is 23.2 Å². The van der Waals surface area contributed by atoms with Crippen LogP contribution in [-0.2, 0) is 4.79 Å². The van der Waals surface area contributed by atoms with Gasteiger partial charge in [0, 0.05) is 28.2 Å². The molecule has 4 nitrogen and oxygen atoms in total. The predicted octanol–water partition coefficient (Wildman–Crippen LogP) is 2.98. The molecule has 0 aliphatic heterocycles. The highest BCUT2D eigenvalue weighted by molar-refractivity contribution is 6.35. The average Bonchev–Trinajstić information content (AvgIpc) is 2.23. The molecular weight excluding hydrogens is 299 g/mol. The number of rotatable bonds is 3. The summed E-state index contributed by atoms with van der Waals surface area (Å²) in [7, 11) is 1.55. The highest BCUT2D eigenvalue weighted by Crippen LogP contribution is 2.19. The molecule has 0 heterocycles. The first-order valence-corrected chi connectivity index (χ1v) is 6.86. The van der Waals surface area contributed by atoms with Crippen molar-refractivity contribution in [1.29, 1.82) is 0 Å². The molecule has 110 valence electrons. The second-order valence-electron chi connectivity index (χ2n) is 5.62. The van der Waals surface area contributed by atoms with Crippen molar-refractivity contribution in [3.63, 3.8) is 0 Å². The zero-order chi connectivity index (χ0) is 15.5. The van der Waals surface area contributed by atoms with Crippen LogP contribution in [0, 0.1) is 0 Å². The molecular formula is C14H18Cl2N2O2. The fourth-order valence-corrected chi connectivity index (χ4v) is 2.17. The van der Waals surface area contributed by atoms with Gasteiger partial charge in [0.25, 0.3) is 5.91 Å². The van der Waals surface area contributed by atoms with Gasteiger partial charge in [-0.2, -0.15) is 0 Å². The lowest BCUT2D eigenvalue weighted by Gasteiger charge is -2.23. The molecule has 0 atom stereocenters. The number of benzene rings is 1. The SMILES string of the molecule is CN(CC(=O)NC(C)(C)C)C(=O)c1cc(Cl)cc(Cl)c1. The van der Waals surface area contributed by atoms with Gasteiger partial charge in [-0.25, -0.2) is 0 Å². The van der Waals surface area contributed by atoms with Gasteiger partial charge < -0.3 is 10.2 Å². The molecule has 0 aliphatic carbocycles. The Balaban J connectivity index is 2.74. The third-order valence-electron chi connectivity index (χ3n) is 2.35. The lowest BCUT2D eigenvalue weighted by atomic mass is 10.1. The normalized spacial score (nSPS) is 11.1. The predicted molar refractivity (Wildman–Crippen MR) is 81.3 cm³/mol. The van der Waals surface area contributed by atoms with Crippen molar-refractivity contribution in [2.45, 2.75) is 26.3 Å². The molecule has 1 aromatic carbocycles. The number of nitrogens with one attached hydrogen (secondary N) is 1. The van der Waals surface area contributed by atoms with E-state index in [2.05, 4.69) is 5.32 Å². The van der Waals surface area contributed by atoms with E-state index >= 15 is 0 Å². The Labute approximate surface area is 129 Å². The third kappa shape index (κ3) is 5.39. The van der Waals surface area contributed by atoms with E-state index in [1.165, 1.54) is 17.0 Å². The largest absolute Gasteiger partial charge is 0.350 e. The Morgan fingerprint density at radius 2 is 1.65 bits per heavy atom. The first-order chi connectivity index (χ1) is 9.08. The van der Waals surface area contributed by atoms with Crippen LogP contribution in [0.2, 0.25) is 10.0 Å². The zero-order valence-corrected chi connectivity index (χ0v) is 13.5. The smallest absolute Gasteiger partial charge is 0.254 e. The van der Waals surface area contributed by atoms with Crippen LogP contribution >= 0.6 is 23.2 Å². The summed E-state index contributed by atoms with van der Waals surface area (Å²) in [5.41, 5.74) is 0.0221. The number of halogens is 2. The molecule has 0 fully saturated rings. The number of hydrogen-bond acceptors (Lipinski definition) is 2. The van der Waals surface area contributed by atoms with E-state index < -0.39 is 0 Å². The Morgan fingerprint density at radius 1 is 1.15 bits per heavy atom. The Kier molecular flexibility index (Phi) is 5.42. The van der Waals surface area contributed by atoms with Gasteiger partial charge in [-0.1, -0.05) is 23.2 Å². The van der Waals surface area contributed by atoms with Crippen LogP contribution in [0.1, 0.15) is 31.1 Å². The van der Waals surface area contributed by atoms with Crippen molar-refractivity contribution in [2.75, 3.05) is 13.6 Å². The van der Waals surface area contributed by atoms with E-state index in [9.17, 15) is 9.59 Å². The van der Waals surface area contributed by atoms with E-state index in [1.54, 1.807) is 13.1 Å². The van der Waals surface area contributed by atoms with E-state index in [0.29, 0.717) is 15.6 Å². The van der Waals surface area contributed by atoms with Crippen LogP contribution in [0.4, 0.5) is 0 Å². The maximum atomic E-state index is 12.2. The molecule has 1 aromatic rings. The molecule has 2 amide bonds. The number of nitrogens with zero attached hydrogens (tertiary/aromatic N) is 1. The standard InChI is InChI=1S/C14H18Cl2N2O2/c1-14(2,3)17-12(19)8-18(4)13(20)9-5-10(15)7-11(16)6-9/h5-7H,8H2,1-4H3,(H,17,19). The summed E-state index contributed by atoms with van der Waals surface area (Å²) < 4.78 is 0. The lowest BCUT2D eigenvalue weighted by molar-refractivity contribution is -0.122. The van der Waals surface area contributed by atoms with Gasteiger partial charge in [-0.05, 0) is 39.0 Å². The highest BCUT2D eigenvalue weighted by atomic mass is 35.5. The van der Waals surface area contributed by atoms with Crippen LogP contribution in [0.25, 0.3) is 0 Å². The number of likely N-dealkylation sites (N-methyl/N-ethyl adjacent to an activating group) is 1. The number of carbonyl (C=O) groups is 2. The van der Waals surface area contributed by atoms with Crippen molar-refractivity contribution >= 4 is 35.0 Å². The molecule has 0 unspecified atom stereocenters. The minimum atomic E-state index is -0.333. The van der Waals surface area contributed by atoms with Gasteiger partial charge in [0.2, 0.25) is 5.91 Å². The van der Waals surface area contributed by atoms with Crippen LogP contribution < -0.4 is 5.32 Å². The molecule has 0 bridgehead atoms. The first kappa shape index (κ1) is 16.8. The van der Waals surface area contributed by atoms with Gasteiger partial charge in [0.1, 0.15) is 0 Å². The summed E-state index contributed by atoms with van der Waals surface area (Å²) in [5.74, 6) is -0.528. The van der Waals surface area contributed by atoms with E-state index in [1.807, 2.05) is 20.8 Å². The molecule has 0 saturated heterocycles. The molecule has 1 N–H and O–H groups in total. The number of hydrogen-bond donors (Lipinski definition) is 1. The van der Waals surface area contributed by atoms with Gasteiger partial charge in [0.05, 0.1) is 6.54 Å². The van der Waals surface area contributed by atoms with Crippen molar-refractivity contribution < 1.29 is 9.59 Å². The van der Waals surface area contributed by atoms with Crippen molar-refractivity contribution in [1.82, 2.24) is 10.2 Å². The van der Waals surface area contributed by atoms with Crippen LogP contribution in [0.5, 0.6) is 0 Å². The molecule has 0 spiro atoms. The van der Waals surface area contributed by atoms with Gasteiger partial charge in [0.15, 0.2) is 0 Å². The Morgan fingerprint density at radius 3 is 2.10 bits per heavy atom. The molecule has 0 aliphatic rings. The van der Waals surface area contributed by atoms with Crippen LogP contribution in [0.15, 0.2) is 18.2 Å². The summed E-state index contributed by atoms with van der Waals surface area (Å²) in [6, 6.07) is 4.59. The van der Waals surface area contributed by atoms with Crippen molar-refractivity contribution in [2.24, 2.45) is 0 Å². The van der Waals surface area contributed by atoms with Crippen molar-refractivity contribution in [3.05, 3.63) is 33.8 Å². The fourth-order valence-electron chi connectivity index (χ4n) is 1.64. The summed E-state index contributed by atoms with van der Waals surface area (Å²) in [6.07, 6.45) is 0. The van der Waals surface area contributed by atoms with E-state index in [0.717, 1.165) is 0 Å².